The molecule has 1 aromatic carbocycles. The van der Waals surface area contributed by atoms with Crippen LogP contribution in [-0.4, -0.2) is 46.0 Å². The Balaban J connectivity index is 2.25. The lowest BCUT2D eigenvalue weighted by Crippen LogP contribution is -2.43. The molecular formula is C18H23NO5. The molecule has 1 fully saturated rings. The van der Waals surface area contributed by atoms with E-state index in [2.05, 4.69) is 0 Å². The van der Waals surface area contributed by atoms with Crippen LogP contribution in [0.25, 0.3) is 0 Å². The molecular weight excluding hydrogens is 310 g/mol. The van der Waals surface area contributed by atoms with Crippen LogP contribution in [-0.2, 0) is 9.53 Å². The number of carbonyl (C=O) groups excluding carboxylic acids is 2. The summed E-state index contributed by atoms with van der Waals surface area (Å²) in [6, 6.07) is 3.88. The lowest BCUT2D eigenvalue weighted by Gasteiger charge is -2.27. The average molecular weight is 333 g/mol. The summed E-state index contributed by atoms with van der Waals surface area (Å²) in [6.45, 7) is 7.54. The van der Waals surface area contributed by atoms with Gasteiger partial charge in [0, 0.05) is 12.1 Å². The summed E-state index contributed by atoms with van der Waals surface area (Å²) in [5.41, 5.74) is 0.411. The molecule has 1 aliphatic rings. The van der Waals surface area contributed by atoms with Gasteiger partial charge in [0.05, 0.1) is 5.56 Å². The second-order valence-corrected chi connectivity index (χ2v) is 7.08. The van der Waals surface area contributed by atoms with E-state index in [9.17, 15) is 14.4 Å². The van der Waals surface area contributed by atoms with Crippen LogP contribution in [0, 0.1) is 6.92 Å². The number of carboxylic acid groups (broad SMARTS) is 1. The third-order valence-electron chi connectivity index (χ3n) is 3.76. The van der Waals surface area contributed by atoms with Gasteiger partial charge in [0.1, 0.15) is 11.6 Å². The third kappa shape index (κ3) is 4.13. The molecule has 0 bridgehead atoms. The predicted molar refractivity (Wildman–Crippen MR) is 88.0 cm³/mol. The highest BCUT2D eigenvalue weighted by Gasteiger charge is 2.37. The lowest BCUT2D eigenvalue weighted by atomic mass is 10.0. The van der Waals surface area contributed by atoms with Crippen LogP contribution in [0.1, 0.15) is 59.9 Å². The minimum Gasteiger partial charge on any atom is -0.478 e. The fourth-order valence-electron chi connectivity index (χ4n) is 2.82. The molecule has 1 saturated heterocycles. The normalized spacial score (nSPS) is 17.7. The van der Waals surface area contributed by atoms with E-state index in [1.54, 1.807) is 33.8 Å². The number of hydrogen-bond donors (Lipinski definition) is 1. The minimum absolute atomic E-state index is 0.0614. The number of benzene rings is 1. The summed E-state index contributed by atoms with van der Waals surface area (Å²) in [4.78, 5) is 37.8. The van der Waals surface area contributed by atoms with E-state index < -0.39 is 23.6 Å². The second-order valence-electron chi connectivity index (χ2n) is 7.08. The minimum atomic E-state index is -1.09. The molecule has 1 unspecified atom stereocenters. The molecule has 0 spiro atoms. The van der Waals surface area contributed by atoms with Crippen molar-refractivity contribution in [3.8, 4) is 0 Å². The van der Waals surface area contributed by atoms with E-state index in [1.165, 1.54) is 17.0 Å². The van der Waals surface area contributed by atoms with Crippen molar-refractivity contribution in [3.63, 3.8) is 0 Å². The zero-order valence-electron chi connectivity index (χ0n) is 14.5. The number of rotatable bonds is 3. The first kappa shape index (κ1) is 18.0. The zero-order chi connectivity index (χ0) is 18.1. The first-order valence-electron chi connectivity index (χ1n) is 7.97. The van der Waals surface area contributed by atoms with Crippen molar-refractivity contribution in [3.05, 3.63) is 34.9 Å². The number of hydrogen-bond acceptors (Lipinski definition) is 4. The molecule has 6 nitrogen and oxygen atoms in total. The van der Waals surface area contributed by atoms with Crippen molar-refractivity contribution in [2.75, 3.05) is 6.54 Å². The van der Waals surface area contributed by atoms with Gasteiger partial charge in [0.2, 0.25) is 0 Å². The number of carboxylic acids is 1. The van der Waals surface area contributed by atoms with E-state index >= 15 is 0 Å². The summed E-state index contributed by atoms with van der Waals surface area (Å²) in [7, 11) is 0. The number of likely N-dealkylation sites (tertiary alicyclic amines) is 1. The molecule has 24 heavy (non-hydrogen) atoms. The van der Waals surface area contributed by atoms with Crippen molar-refractivity contribution in [1.82, 2.24) is 4.90 Å². The van der Waals surface area contributed by atoms with E-state index in [0.717, 1.165) is 0 Å². The average Bonchev–Trinajstić information content (AvgIpc) is 2.93. The van der Waals surface area contributed by atoms with E-state index in [4.69, 9.17) is 9.84 Å². The number of amides is 1. The fourth-order valence-corrected chi connectivity index (χ4v) is 2.82. The predicted octanol–water partition coefficient (Wildman–Crippen LogP) is 2.64. The Bertz CT molecular complexity index is 674. The summed E-state index contributed by atoms with van der Waals surface area (Å²) in [6.07, 6.45) is 1.27. The molecule has 130 valence electrons. The molecule has 1 heterocycles. The van der Waals surface area contributed by atoms with Crippen LogP contribution in [0.5, 0.6) is 0 Å². The van der Waals surface area contributed by atoms with Crippen LogP contribution in [0.2, 0.25) is 0 Å². The van der Waals surface area contributed by atoms with E-state index in [0.29, 0.717) is 24.9 Å². The Morgan fingerprint density at radius 3 is 2.38 bits per heavy atom. The number of carbonyl (C=O) groups is 3. The number of ether oxygens (including phenoxy) is 1. The highest BCUT2D eigenvalue weighted by molar-refractivity contribution is 5.99. The van der Waals surface area contributed by atoms with Crippen LogP contribution in [0.4, 0.5) is 0 Å². The Hall–Kier alpha value is -2.37. The van der Waals surface area contributed by atoms with Gasteiger partial charge in [-0.1, -0.05) is 0 Å². The monoisotopic (exact) mass is 333 g/mol. The SMILES string of the molecule is Cc1cc(C(=O)O)cc(C(=O)N2CCCC2C(=O)OC(C)(C)C)c1. The van der Waals surface area contributed by atoms with Crippen molar-refractivity contribution in [1.29, 1.82) is 0 Å². The van der Waals surface area contributed by atoms with Gasteiger partial charge in [0.15, 0.2) is 0 Å². The number of nitrogens with zero attached hydrogens (tertiary/aromatic N) is 1. The molecule has 6 heteroatoms. The highest BCUT2D eigenvalue weighted by atomic mass is 16.6. The number of aryl methyl sites for hydroxylation is 1. The van der Waals surface area contributed by atoms with Crippen LogP contribution in [0.15, 0.2) is 18.2 Å². The van der Waals surface area contributed by atoms with Gasteiger partial charge in [-0.15, -0.1) is 0 Å². The first-order chi connectivity index (χ1) is 11.1. The van der Waals surface area contributed by atoms with Gasteiger partial charge in [-0.3, -0.25) is 4.79 Å². The summed E-state index contributed by atoms with van der Waals surface area (Å²) in [5, 5.41) is 9.15. The van der Waals surface area contributed by atoms with Crippen molar-refractivity contribution >= 4 is 17.8 Å². The maximum Gasteiger partial charge on any atom is 0.335 e. The molecule has 0 radical (unpaired) electrons. The highest BCUT2D eigenvalue weighted by Crippen LogP contribution is 2.24. The van der Waals surface area contributed by atoms with Gasteiger partial charge in [-0.05, 0) is 64.3 Å². The standard InChI is InChI=1S/C18H23NO5/c1-11-8-12(10-13(9-11)16(21)22)15(20)19-7-5-6-14(19)17(23)24-18(2,3)4/h8-10,14H,5-7H2,1-4H3,(H,21,22). The van der Waals surface area contributed by atoms with Crippen LogP contribution < -0.4 is 0 Å². The first-order valence-corrected chi connectivity index (χ1v) is 7.97. The topological polar surface area (TPSA) is 83.9 Å². The van der Waals surface area contributed by atoms with Gasteiger partial charge in [-0.25, -0.2) is 9.59 Å². The third-order valence-corrected chi connectivity index (χ3v) is 3.76. The molecule has 2 rings (SSSR count). The smallest absolute Gasteiger partial charge is 0.335 e. The molecule has 0 aromatic heterocycles. The summed E-state index contributed by atoms with van der Waals surface area (Å²) in [5.74, 6) is -1.84. The largest absolute Gasteiger partial charge is 0.478 e. The molecule has 1 aromatic rings. The van der Waals surface area contributed by atoms with Crippen molar-refractivity contribution in [2.24, 2.45) is 0 Å². The quantitative estimate of drug-likeness (QED) is 0.860. The Labute approximate surface area is 141 Å². The number of esters is 1. The Morgan fingerprint density at radius 1 is 1.17 bits per heavy atom. The summed E-state index contributed by atoms with van der Waals surface area (Å²) >= 11 is 0. The van der Waals surface area contributed by atoms with Gasteiger partial charge < -0.3 is 14.7 Å². The number of aromatic carboxylic acids is 1. The van der Waals surface area contributed by atoms with Crippen LogP contribution >= 0.6 is 0 Å². The fraction of sp³-hybridized carbons (Fsp3) is 0.500. The van der Waals surface area contributed by atoms with Gasteiger partial charge in [-0.2, -0.15) is 0 Å². The molecule has 1 amide bonds. The molecule has 1 aliphatic heterocycles. The zero-order valence-corrected chi connectivity index (χ0v) is 14.5. The maximum atomic E-state index is 12.8. The Morgan fingerprint density at radius 2 is 1.79 bits per heavy atom. The van der Waals surface area contributed by atoms with E-state index in [1.807, 2.05) is 0 Å². The molecule has 0 saturated carbocycles. The van der Waals surface area contributed by atoms with Crippen molar-refractivity contribution < 1.29 is 24.2 Å². The van der Waals surface area contributed by atoms with Gasteiger partial charge >= 0.3 is 11.9 Å². The van der Waals surface area contributed by atoms with Crippen molar-refractivity contribution in [2.45, 2.75) is 52.2 Å². The maximum absolute atomic E-state index is 12.8. The molecule has 1 atom stereocenters. The van der Waals surface area contributed by atoms with E-state index in [-0.39, 0.29) is 17.0 Å². The lowest BCUT2D eigenvalue weighted by molar-refractivity contribution is -0.159. The summed E-state index contributed by atoms with van der Waals surface area (Å²) < 4.78 is 5.40. The van der Waals surface area contributed by atoms with Crippen LogP contribution in [0.3, 0.4) is 0 Å². The molecule has 1 N–H and O–H groups in total. The van der Waals surface area contributed by atoms with Gasteiger partial charge in [0.25, 0.3) is 5.91 Å². The molecule has 0 aliphatic carbocycles. The Kier molecular flexibility index (Phi) is 4.96. The second kappa shape index (κ2) is 6.63.